The van der Waals surface area contributed by atoms with Crippen LogP contribution in [-0.2, 0) is 11.3 Å². The van der Waals surface area contributed by atoms with Gasteiger partial charge in [-0.3, -0.25) is 15.0 Å². The van der Waals surface area contributed by atoms with Gasteiger partial charge in [0.1, 0.15) is 12.1 Å². The SMILES string of the molecule is CCOc1cc(C2NC(=O)NC3C2C(=O)NC(=O)N3Cc2ccccc2)ccc1O. The summed E-state index contributed by atoms with van der Waals surface area (Å²) in [5.41, 5.74) is 1.46. The number of aromatic hydroxyl groups is 1. The van der Waals surface area contributed by atoms with Crippen molar-refractivity contribution in [1.82, 2.24) is 20.9 Å². The monoisotopic (exact) mass is 410 g/mol. The second kappa shape index (κ2) is 7.94. The molecule has 9 heteroatoms. The fourth-order valence-corrected chi connectivity index (χ4v) is 3.87. The smallest absolute Gasteiger partial charge is 0.326 e. The Balaban J connectivity index is 1.69. The van der Waals surface area contributed by atoms with E-state index in [1.54, 1.807) is 19.1 Å². The Kier molecular flexibility index (Phi) is 5.18. The van der Waals surface area contributed by atoms with Crippen LogP contribution in [0.25, 0.3) is 0 Å². The fraction of sp³-hybridized carbons (Fsp3) is 0.286. The maximum absolute atomic E-state index is 12.8. The number of nitrogens with one attached hydrogen (secondary N) is 3. The minimum atomic E-state index is -0.824. The lowest BCUT2D eigenvalue weighted by atomic mass is 9.86. The van der Waals surface area contributed by atoms with Gasteiger partial charge in [-0.05, 0) is 30.2 Å². The van der Waals surface area contributed by atoms with Crippen molar-refractivity contribution in [3.63, 3.8) is 0 Å². The van der Waals surface area contributed by atoms with Crippen LogP contribution in [0.15, 0.2) is 48.5 Å². The zero-order valence-electron chi connectivity index (χ0n) is 16.3. The Morgan fingerprint density at radius 2 is 1.83 bits per heavy atom. The van der Waals surface area contributed by atoms with E-state index in [-0.39, 0.29) is 18.0 Å². The summed E-state index contributed by atoms with van der Waals surface area (Å²) < 4.78 is 5.43. The zero-order chi connectivity index (χ0) is 21.3. The normalized spacial score (nSPS) is 23.2. The molecule has 3 unspecified atom stereocenters. The zero-order valence-corrected chi connectivity index (χ0v) is 16.3. The lowest BCUT2D eigenvalue weighted by Crippen LogP contribution is -2.71. The summed E-state index contributed by atoms with van der Waals surface area (Å²) in [6.07, 6.45) is -0.824. The standard InChI is InChI=1S/C21H22N4O5/c1-2-30-15-10-13(8-9-14(15)26)17-16-18(23-20(28)22-17)25(21(29)24-19(16)27)11-12-6-4-3-5-7-12/h3-10,16-18,26H,2,11H2,1H3,(H2,22,23,28)(H,24,27,29). The van der Waals surface area contributed by atoms with Crippen LogP contribution in [-0.4, -0.2) is 40.7 Å². The van der Waals surface area contributed by atoms with Crippen LogP contribution < -0.4 is 20.7 Å². The Labute approximate surface area is 173 Å². The van der Waals surface area contributed by atoms with Crippen molar-refractivity contribution < 1.29 is 24.2 Å². The van der Waals surface area contributed by atoms with Gasteiger partial charge < -0.3 is 20.5 Å². The van der Waals surface area contributed by atoms with E-state index in [0.29, 0.717) is 12.2 Å². The van der Waals surface area contributed by atoms with E-state index in [4.69, 9.17) is 4.74 Å². The van der Waals surface area contributed by atoms with Crippen LogP contribution in [0, 0.1) is 5.92 Å². The molecule has 0 bridgehead atoms. The van der Waals surface area contributed by atoms with Crippen molar-refractivity contribution in [2.75, 3.05) is 6.61 Å². The highest BCUT2D eigenvalue weighted by atomic mass is 16.5. The van der Waals surface area contributed by atoms with Gasteiger partial charge in [0.05, 0.1) is 12.6 Å². The summed E-state index contributed by atoms with van der Waals surface area (Å²) in [7, 11) is 0. The van der Waals surface area contributed by atoms with E-state index >= 15 is 0 Å². The number of ether oxygens (including phenoxy) is 1. The molecule has 0 saturated carbocycles. The van der Waals surface area contributed by atoms with Crippen LogP contribution >= 0.6 is 0 Å². The molecule has 0 radical (unpaired) electrons. The molecule has 2 aromatic carbocycles. The first-order valence-electron chi connectivity index (χ1n) is 9.66. The molecule has 0 aromatic heterocycles. The van der Waals surface area contributed by atoms with E-state index in [2.05, 4.69) is 16.0 Å². The van der Waals surface area contributed by atoms with Gasteiger partial charge in [0.25, 0.3) is 0 Å². The molecule has 3 atom stereocenters. The molecule has 30 heavy (non-hydrogen) atoms. The third-order valence-electron chi connectivity index (χ3n) is 5.23. The number of carbonyl (C=O) groups is 3. The maximum Gasteiger partial charge on any atom is 0.326 e. The first-order valence-corrected chi connectivity index (χ1v) is 9.66. The number of nitrogens with zero attached hydrogens (tertiary/aromatic N) is 1. The van der Waals surface area contributed by atoms with E-state index in [1.165, 1.54) is 11.0 Å². The number of fused-ring (bicyclic) bond motifs is 1. The lowest BCUT2D eigenvalue weighted by molar-refractivity contribution is -0.130. The molecule has 2 aliphatic heterocycles. The summed E-state index contributed by atoms with van der Waals surface area (Å²) in [6, 6.07) is 12.2. The lowest BCUT2D eigenvalue weighted by Gasteiger charge is -2.46. The number of hydrogen-bond acceptors (Lipinski definition) is 5. The van der Waals surface area contributed by atoms with Crippen molar-refractivity contribution in [1.29, 1.82) is 0 Å². The molecule has 0 spiro atoms. The summed E-state index contributed by atoms with van der Waals surface area (Å²) >= 11 is 0. The first kappa shape index (κ1) is 19.6. The molecule has 9 nitrogen and oxygen atoms in total. The van der Waals surface area contributed by atoms with Gasteiger partial charge in [-0.15, -0.1) is 0 Å². The molecule has 5 amide bonds. The number of phenolic OH excluding ortho intramolecular Hbond substituents is 1. The van der Waals surface area contributed by atoms with Crippen molar-refractivity contribution in [2.45, 2.75) is 25.7 Å². The van der Waals surface area contributed by atoms with Crippen LogP contribution in [0.1, 0.15) is 24.1 Å². The predicted molar refractivity (Wildman–Crippen MR) is 106 cm³/mol. The average molecular weight is 410 g/mol. The second-order valence-electron chi connectivity index (χ2n) is 7.13. The number of rotatable bonds is 5. The van der Waals surface area contributed by atoms with Gasteiger partial charge in [-0.2, -0.15) is 0 Å². The molecule has 156 valence electrons. The predicted octanol–water partition coefficient (Wildman–Crippen LogP) is 1.84. The van der Waals surface area contributed by atoms with Crippen LogP contribution in [0.3, 0.4) is 0 Å². The fourth-order valence-electron chi connectivity index (χ4n) is 3.87. The van der Waals surface area contributed by atoms with E-state index in [1.807, 2.05) is 30.3 Å². The summed E-state index contributed by atoms with van der Waals surface area (Å²) in [6.45, 7) is 2.37. The van der Waals surface area contributed by atoms with E-state index < -0.39 is 36.1 Å². The molecule has 2 aromatic rings. The molecule has 2 heterocycles. The molecule has 4 rings (SSSR count). The van der Waals surface area contributed by atoms with Gasteiger partial charge in [0.15, 0.2) is 11.5 Å². The minimum absolute atomic E-state index is 0.0358. The molecule has 2 aliphatic rings. The van der Waals surface area contributed by atoms with Gasteiger partial charge in [0.2, 0.25) is 5.91 Å². The maximum atomic E-state index is 12.8. The number of benzene rings is 2. The quantitative estimate of drug-likeness (QED) is 0.600. The molecule has 2 saturated heterocycles. The number of urea groups is 2. The van der Waals surface area contributed by atoms with Crippen molar-refractivity contribution in [3.05, 3.63) is 59.7 Å². The summed E-state index contributed by atoms with van der Waals surface area (Å²) in [5.74, 6) is -1.04. The van der Waals surface area contributed by atoms with Crippen LogP contribution in [0.2, 0.25) is 0 Å². The van der Waals surface area contributed by atoms with Crippen LogP contribution in [0.5, 0.6) is 11.5 Å². The molecular weight excluding hydrogens is 388 g/mol. The molecule has 2 fully saturated rings. The summed E-state index contributed by atoms with van der Waals surface area (Å²) in [5, 5.41) is 17.9. The largest absolute Gasteiger partial charge is 0.504 e. The minimum Gasteiger partial charge on any atom is -0.504 e. The van der Waals surface area contributed by atoms with Gasteiger partial charge in [-0.25, -0.2) is 9.59 Å². The number of phenols is 1. The Morgan fingerprint density at radius 1 is 1.07 bits per heavy atom. The number of carbonyl (C=O) groups excluding carboxylic acids is 3. The number of imide groups is 1. The molecular formula is C21H22N4O5. The first-order chi connectivity index (χ1) is 14.5. The van der Waals surface area contributed by atoms with Crippen molar-refractivity contribution >= 4 is 18.0 Å². The Bertz CT molecular complexity index is 981. The topological polar surface area (TPSA) is 120 Å². The number of hydrogen-bond donors (Lipinski definition) is 4. The molecule has 0 aliphatic carbocycles. The van der Waals surface area contributed by atoms with Gasteiger partial charge in [-0.1, -0.05) is 36.4 Å². The van der Waals surface area contributed by atoms with Gasteiger partial charge >= 0.3 is 12.1 Å². The third kappa shape index (κ3) is 3.61. The highest BCUT2D eigenvalue weighted by Gasteiger charge is 2.50. The third-order valence-corrected chi connectivity index (χ3v) is 5.23. The van der Waals surface area contributed by atoms with Crippen molar-refractivity contribution in [2.24, 2.45) is 5.92 Å². The average Bonchev–Trinajstić information content (AvgIpc) is 2.73. The van der Waals surface area contributed by atoms with Crippen LogP contribution in [0.4, 0.5) is 9.59 Å². The highest BCUT2D eigenvalue weighted by Crippen LogP contribution is 2.36. The summed E-state index contributed by atoms with van der Waals surface area (Å²) in [4.78, 5) is 39.2. The Hall–Kier alpha value is -3.75. The van der Waals surface area contributed by atoms with Gasteiger partial charge in [0, 0.05) is 6.54 Å². The van der Waals surface area contributed by atoms with E-state index in [0.717, 1.165) is 5.56 Å². The molecule has 4 N–H and O–H groups in total. The Morgan fingerprint density at radius 3 is 2.57 bits per heavy atom. The number of amides is 5. The van der Waals surface area contributed by atoms with E-state index in [9.17, 15) is 19.5 Å². The second-order valence-corrected chi connectivity index (χ2v) is 7.13. The highest BCUT2D eigenvalue weighted by molar-refractivity contribution is 6.00. The van der Waals surface area contributed by atoms with Crippen molar-refractivity contribution in [3.8, 4) is 11.5 Å².